The van der Waals surface area contributed by atoms with Crippen molar-refractivity contribution in [1.29, 1.82) is 0 Å². The fraction of sp³-hybridized carbons (Fsp3) is 0.227. The van der Waals surface area contributed by atoms with Gasteiger partial charge in [0.05, 0.1) is 12.8 Å². The molecule has 3 rings (SSSR count). The maximum absolute atomic E-state index is 11.0. The van der Waals surface area contributed by atoms with Crippen molar-refractivity contribution in [3.63, 3.8) is 0 Å². The standard InChI is InChI=1S/C22H24N4O3/c1-14-18(16-8-5-4-6-9-16)10-7-11-19(14)25-22-24-17(12-20(26-22)29-3)13-23-15(2)21(27)28/h4-12,15,23H,13H2,1-3H3,(H,27,28)(H,24,25,26). The van der Waals surface area contributed by atoms with Crippen LogP contribution in [0.5, 0.6) is 5.88 Å². The summed E-state index contributed by atoms with van der Waals surface area (Å²) in [5, 5.41) is 15.2. The molecule has 0 saturated carbocycles. The van der Waals surface area contributed by atoms with E-state index < -0.39 is 12.0 Å². The van der Waals surface area contributed by atoms with Crippen molar-refractivity contribution in [2.75, 3.05) is 12.4 Å². The number of aliphatic carboxylic acids is 1. The highest BCUT2D eigenvalue weighted by Gasteiger charge is 2.13. The van der Waals surface area contributed by atoms with E-state index in [1.54, 1.807) is 13.0 Å². The van der Waals surface area contributed by atoms with E-state index in [0.717, 1.165) is 22.4 Å². The van der Waals surface area contributed by atoms with Gasteiger partial charge in [0.15, 0.2) is 0 Å². The quantitative estimate of drug-likeness (QED) is 0.537. The van der Waals surface area contributed by atoms with Gasteiger partial charge in [-0.05, 0) is 36.6 Å². The maximum Gasteiger partial charge on any atom is 0.320 e. The number of carboxylic acid groups (broad SMARTS) is 1. The Kier molecular flexibility index (Phi) is 6.41. The Hall–Kier alpha value is -3.45. The van der Waals surface area contributed by atoms with Gasteiger partial charge in [-0.15, -0.1) is 0 Å². The van der Waals surface area contributed by atoms with Crippen molar-refractivity contribution in [3.05, 3.63) is 65.9 Å². The van der Waals surface area contributed by atoms with Crippen LogP contribution >= 0.6 is 0 Å². The highest BCUT2D eigenvalue weighted by molar-refractivity contribution is 5.75. The number of methoxy groups -OCH3 is 1. The molecule has 0 fully saturated rings. The summed E-state index contributed by atoms with van der Waals surface area (Å²) in [6.45, 7) is 3.91. The normalized spacial score (nSPS) is 11.7. The maximum atomic E-state index is 11.0. The fourth-order valence-corrected chi connectivity index (χ4v) is 2.89. The summed E-state index contributed by atoms with van der Waals surface area (Å²) in [5.41, 5.74) is 4.84. The Labute approximate surface area is 169 Å². The minimum absolute atomic E-state index is 0.282. The lowest BCUT2D eigenvalue weighted by Gasteiger charge is -2.14. The van der Waals surface area contributed by atoms with Crippen LogP contribution in [0.15, 0.2) is 54.6 Å². The van der Waals surface area contributed by atoms with E-state index in [1.807, 2.05) is 37.3 Å². The third-order valence-corrected chi connectivity index (χ3v) is 4.59. The van der Waals surface area contributed by atoms with E-state index in [1.165, 1.54) is 7.11 Å². The van der Waals surface area contributed by atoms with Gasteiger partial charge in [0.2, 0.25) is 11.8 Å². The third kappa shape index (κ3) is 5.08. The van der Waals surface area contributed by atoms with Crippen molar-refractivity contribution in [2.45, 2.75) is 26.4 Å². The van der Waals surface area contributed by atoms with Crippen LogP contribution in [-0.2, 0) is 11.3 Å². The molecule has 1 unspecified atom stereocenters. The van der Waals surface area contributed by atoms with E-state index in [-0.39, 0.29) is 6.54 Å². The van der Waals surface area contributed by atoms with E-state index in [9.17, 15) is 4.79 Å². The molecule has 150 valence electrons. The number of carboxylic acids is 1. The number of benzene rings is 2. The van der Waals surface area contributed by atoms with Gasteiger partial charge < -0.3 is 15.2 Å². The summed E-state index contributed by atoms with van der Waals surface area (Å²) >= 11 is 0. The summed E-state index contributed by atoms with van der Waals surface area (Å²) < 4.78 is 5.28. The second-order valence-electron chi connectivity index (χ2n) is 6.64. The molecule has 7 heteroatoms. The van der Waals surface area contributed by atoms with E-state index in [4.69, 9.17) is 9.84 Å². The number of rotatable bonds is 8. The second kappa shape index (κ2) is 9.16. The molecule has 3 aromatic rings. The first kappa shape index (κ1) is 20.3. The molecule has 29 heavy (non-hydrogen) atoms. The van der Waals surface area contributed by atoms with Gasteiger partial charge in [0, 0.05) is 18.3 Å². The SMILES string of the molecule is COc1cc(CNC(C)C(=O)O)nc(Nc2cccc(-c3ccccc3)c2C)n1. The van der Waals surface area contributed by atoms with Crippen molar-refractivity contribution in [2.24, 2.45) is 0 Å². The topological polar surface area (TPSA) is 96.4 Å². The average Bonchev–Trinajstić information content (AvgIpc) is 2.73. The molecule has 0 aliphatic carbocycles. The number of carbonyl (C=O) groups is 1. The Morgan fingerprint density at radius 3 is 2.59 bits per heavy atom. The Morgan fingerprint density at radius 2 is 1.90 bits per heavy atom. The van der Waals surface area contributed by atoms with E-state index in [0.29, 0.717) is 17.5 Å². The first-order valence-electron chi connectivity index (χ1n) is 9.28. The number of anilines is 2. The van der Waals surface area contributed by atoms with Gasteiger partial charge in [0.1, 0.15) is 6.04 Å². The number of nitrogens with one attached hydrogen (secondary N) is 2. The van der Waals surface area contributed by atoms with Gasteiger partial charge in [-0.25, -0.2) is 4.98 Å². The van der Waals surface area contributed by atoms with Gasteiger partial charge in [-0.1, -0.05) is 42.5 Å². The molecule has 0 aliphatic heterocycles. The Morgan fingerprint density at radius 1 is 1.14 bits per heavy atom. The molecule has 3 N–H and O–H groups in total. The van der Waals surface area contributed by atoms with Crippen molar-refractivity contribution < 1.29 is 14.6 Å². The van der Waals surface area contributed by atoms with Crippen LogP contribution in [0.3, 0.4) is 0 Å². The lowest BCUT2D eigenvalue weighted by Crippen LogP contribution is -2.33. The van der Waals surface area contributed by atoms with Gasteiger partial charge in [-0.2, -0.15) is 4.98 Å². The monoisotopic (exact) mass is 392 g/mol. The molecule has 0 aliphatic rings. The number of nitrogens with zero attached hydrogens (tertiary/aromatic N) is 2. The number of hydrogen-bond donors (Lipinski definition) is 3. The summed E-state index contributed by atoms with van der Waals surface area (Å²) in [6, 6.07) is 17.2. The first-order chi connectivity index (χ1) is 14.0. The summed E-state index contributed by atoms with van der Waals surface area (Å²) in [7, 11) is 1.53. The minimum Gasteiger partial charge on any atom is -0.481 e. The molecule has 1 atom stereocenters. The van der Waals surface area contributed by atoms with Crippen LogP contribution in [0, 0.1) is 6.92 Å². The molecule has 1 aromatic heterocycles. The molecular weight excluding hydrogens is 368 g/mol. The first-order valence-corrected chi connectivity index (χ1v) is 9.28. The predicted octanol–water partition coefficient (Wildman–Crippen LogP) is 3.77. The smallest absolute Gasteiger partial charge is 0.320 e. The molecular formula is C22H24N4O3. The highest BCUT2D eigenvalue weighted by Crippen LogP contribution is 2.29. The van der Waals surface area contributed by atoms with Crippen LogP contribution < -0.4 is 15.4 Å². The number of aromatic nitrogens is 2. The molecule has 7 nitrogen and oxygen atoms in total. The average molecular weight is 392 g/mol. The third-order valence-electron chi connectivity index (χ3n) is 4.59. The Balaban J connectivity index is 1.86. The van der Waals surface area contributed by atoms with E-state index >= 15 is 0 Å². The fourth-order valence-electron chi connectivity index (χ4n) is 2.89. The zero-order chi connectivity index (χ0) is 20.8. The lowest BCUT2D eigenvalue weighted by molar-refractivity contribution is -0.139. The molecule has 0 spiro atoms. The van der Waals surface area contributed by atoms with Crippen LogP contribution in [-0.4, -0.2) is 34.2 Å². The number of hydrogen-bond acceptors (Lipinski definition) is 6. The van der Waals surface area contributed by atoms with Crippen LogP contribution in [0.1, 0.15) is 18.2 Å². The molecule has 0 radical (unpaired) electrons. The Bertz CT molecular complexity index is 993. The molecule has 0 saturated heterocycles. The van der Waals surface area contributed by atoms with Crippen molar-refractivity contribution in [3.8, 4) is 17.0 Å². The van der Waals surface area contributed by atoms with Crippen molar-refractivity contribution in [1.82, 2.24) is 15.3 Å². The van der Waals surface area contributed by atoms with Crippen molar-refractivity contribution >= 4 is 17.6 Å². The van der Waals surface area contributed by atoms with E-state index in [2.05, 4.69) is 38.8 Å². The van der Waals surface area contributed by atoms with Gasteiger partial charge in [0.25, 0.3) is 0 Å². The van der Waals surface area contributed by atoms with Crippen LogP contribution in [0.25, 0.3) is 11.1 Å². The summed E-state index contributed by atoms with van der Waals surface area (Å²) in [5.74, 6) is -0.130. The zero-order valence-electron chi connectivity index (χ0n) is 16.6. The molecule has 0 amide bonds. The molecule has 0 bridgehead atoms. The largest absolute Gasteiger partial charge is 0.481 e. The second-order valence-corrected chi connectivity index (χ2v) is 6.64. The molecule has 2 aromatic carbocycles. The predicted molar refractivity (Wildman–Crippen MR) is 112 cm³/mol. The summed E-state index contributed by atoms with van der Waals surface area (Å²) in [6.07, 6.45) is 0. The zero-order valence-corrected chi connectivity index (χ0v) is 16.6. The summed E-state index contributed by atoms with van der Waals surface area (Å²) in [4.78, 5) is 19.9. The van der Waals surface area contributed by atoms with Crippen LogP contribution in [0.4, 0.5) is 11.6 Å². The van der Waals surface area contributed by atoms with Gasteiger partial charge in [-0.3, -0.25) is 10.1 Å². The van der Waals surface area contributed by atoms with Crippen LogP contribution in [0.2, 0.25) is 0 Å². The number of ether oxygens (including phenoxy) is 1. The lowest BCUT2D eigenvalue weighted by atomic mass is 9.99. The highest BCUT2D eigenvalue weighted by atomic mass is 16.5. The minimum atomic E-state index is -0.919. The molecule has 1 heterocycles. The van der Waals surface area contributed by atoms with Gasteiger partial charge >= 0.3 is 5.97 Å².